The van der Waals surface area contributed by atoms with Gasteiger partial charge in [0.25, 0.3) is 5.91 Å². The van der Waals surface area contributed by atoms with Crippen LogP contribution in [0, 0.1) is 5.92 Å². The topological polar surface area (TPSA) is 78.9 Å². The average Bonchev–Trinajstić information content (AvgIpc) is 3.21. The number of rotatable bonds is 6. The van der Waals surface area contributed by atoms with Gasteiger partial charge in [-0.25, -0.2) is 4.98 Å². The van der Waals surface area contributed by atoms with Gasteiger partial charge in [-0.3, -0.25) is 9.78 Å². The van der Waals surface area contributed by atoms with Crippen LogP contribution in [0.15, 0.2) is 55.0 Å². The summed E-state index contributed by atoms with van der Waals surface area (Å²) in [6.45, 7) is 2.00. The van der Waals surface area contributed by atoms with Crippen molar-refractivity contribution in [3.05, 3.63) is 69.8 Å². The van der Waals surface area contributed by atoms with Crippen LogP contribution in [0.5, 0.6) is 0 Å². The molecule has 4 rings (SSSR count). The van der Waals surface area contributed by atoms with Gasteiger partial charge in [-0.15, -0.1) is 11.3 Å². The highest BCUT2D eigenvalue weighted by Crippen LogP contribution is 2.34. The smallest absolute Gasteiger partial charge is 0.265 e. The number of carbonyl (C=O) groups is 1. The predicted molar refractivity (Wildman–Crippen MR) is 118 cm³/mol. The Labute approximate surface area is 178 Å². The molecule has 1 atom stereocenters. The van der Waals surface area contributed by atoms with Gasteiger partial charge in [-0.2, -0.15) is 0 Å². The predicted octanol–water partition coefficient (Wildman–Crippen LogP) is 4.60. The number of nitrogens with one attached hydrogen (secondary N) is 3. The molecule has 0 spiro atoms. The van der Waals surface area contributed by atoms with E-state index >= 15 is 0 Å². The minimum atomic E-state index is -0.194. The first kappa shape index (κ1) is 19.8. The molecule has 1 saturated heterocycles. The third-order valence-electron chi connectivity index (χ3n) is 5.07. The minimum Gasteiger partial charge on any atom is -0.361 e. The lowest BCUT2D eigenvalue weighted by Crippen LogP contribution is -2.33. The molecular weight excluding hydrogens is 406 g/mol. The largest absolute Gasteiger partial charge is 0.361 e. The number of piperidine rings is 1. The second-order valence-electron chi connectivity index (χ2n) is 6.95. The van der Waals surface area contributed by atoms with Crippen molar-refractivity contribution in [2.45, 2.75) is 18.9 Å². The number of aromatic nitrogens is 2. The van der Waals surface area contributed by atoms with E-state index in [-0.39, 0.29) is 11.9 Å². The zero-order valence-electron chi connectivity index (χ0n) is 15.8. The molecule has 0 saturated carbocycles. The van der Waals surface area contributed by atoms with Gasteiger partial charge in [0.1, 0.15) is 5.82 Å². The number of hydrogen-bond donors (Lipinski definition) is 3. The molecule has 8 heteroatoms. The number of halogens is 1. The van der Waals surface area contributed by atoms with Gasteiger partial charge >= 0.3 is 0 Å². The van der Waals surface area contributed by atoms with Crippen LogP contribution in [0.2, 0.25) is 4.34 Å². The maximum absolute atomic E-state index is 12.6. The van der Waals surface area contributed by atoms with Crippen LogP contribution in [0.4, 0.5) is 11.5 Å². The number of nitrogens with zero attached hydrogens (tertiary/aromatic N) is 2. The normalized spacial score (nSPS) is 15.6. The lowest BCUT2D eigenvalue weighted by molar-refractivity contribution is 0.103. The highest BCUT2D eigenvalue weighted by Gasteiger charge is 2.26. The van der Waals surface area contributed by atoms with E-state index in [4.69, 9.17) is 11.6 Å². The first-order valence-electron chi connectivity index (χ1n) is 9.59. The minimum absolute atomic E-state index is 0.0850. The van der Waals surface area contributed by atoms with E-state index < -0.39 is 0 Å². The fraction of sp³-hybridized carbons (Fsp3) is 0.286. The van der Waals surface area contributed by atoms with Gasteiger partial charge in [-0.1, -0.05) is 11.6 Å². The van der Waals surface area contributed by atoms with Crippen molar-refractivity contribution >= 4 is 40.4 Å². The van der Waals surface area contributed by atoms with Crippen molar-refractivity contribution in [3.63, 3.8) is 0 Å². The van der Waals surface area contributed by atoms with E-state index in [1.165, 1.54) is 16.9 Å². The SMILES string of the molecule is O=C(Nc1cccnc1NC(c1ccncc1)C1CCNCC1)c1ccc(Cl)s1. The summed E-state index contributed by atoms with van der Waals surface area (Å²) >= 11 is 7.22. The second-order valence-corrected chi connectivity index (χ2v) is 8.66. The molecule has 150 valence electrons. The number of carbonyl (C=O) groups excluding carboxylic acids is 1. The van der Waals surface area contributed by atoms with E-state index in [2.05, 4.69) is 25.9 Å². The maximum atomic E-state index is 12.6. The van der Waals surface area contributed by atoms with Crippen LogP contribution in [0.25, 0.3) is 0 Å². The molecular formula is C21H22ClN5OS. The quantitative estimate of drug-likeness (QED) is 0.536. The number of thiophene rings is 1. The Kier molecular flexibility index (Phi) is 6.39. The fourth-order valence-electron chi connectivity index (χ4n) is 3.61. The molecule has 4 heterocycles. The van der Waals surface area contributed by atoms with Crippen molar-refractivity contribution in [1.82, 2.24) is 15.3 Å². The fourth-order valence-corrected chi connectivity index (χ4v) is 4.55. The van der Waals surface area contributed by atoms with Gasteiger partial charge in [-0.05, 0) is 73.8 Å². The molecule has 0 radical (unpaired) electrons. The summed E-state index contributed by atoms with van der Waals surface area (Å²) in [4.78, 5) is 21.8. The Morgan fingerprint density at radius 3 is 2.66 bits per heavy atom. The average molecular weight is 428 g/mol. The van der Waals surface area contributed by atoms with Crippen LogP contribution in [0.1, 0.15) is 34.1 Å². The van der Waals surface area contributed by atoms with Gasteiger partial charge < -0.3 is 16.0 Å². The number of pyridine rings is 2. The molecule has 3 aromatic rings. The van der Waals surface area contributed by atoms with Crippen LogP contribution in [-0.4, -0.2) is 29.0 Å². The molecule has 0 aliphatic carbocycles. The summed E-state index contributed by atoms with van der Waals surface area (Å²) in [5.74, 6) is 0.921. The standard InChI is InChI=1S/C21H22ClN5OS/c22-18-4-3-17(29-18)21(28)26-16-2-1-9-25-20(16)27-19(14-5-10-23-11-6-14)15-7-12-24-13-8-15/h1-6,9-11,15,19,24H,7-8,12-13H2,(H,25,27)(H,26,28). The van der Waals surface area contributed by atoms with Crippen LogP contribution < -0.4 is 16.0 Å². The Balaban J connectivity index is 1.58. The highest BCUT2D eigenvalue weighted by molar-refractivity contribution is 7.18. The highest BCUT2D eigenvalue weighted by atomic mass is 35.5. The summed E-state index contributed by atoms with van der Waals surface area (Å²) < 4.78 is 0.586. The van der Waals surface area contributed by atoms with E-state index in [0.29, 0.717) is 26.6 Å². The molecule has 1 aliphatic rings. The van der Waals surface area contributed by atoms with Crippen molar-refractivity contribution < 1.29 is 4.79 Å². The Bertz CT molecular complexity index is 958. The first-order chi connectivity index (χ1) is 14.2. The molecule has 1 fully saturated rings. The van der Waals surface area contributed by atoms with Crippen molar-refractivity contribution in [2.24, 2.45) is 5.92 Å². The molecule has 6 nitrogen and oxygen atoms in total. The van der Waals surface area contributed by atoms with Gasteiger partial charge in [0.05, 0.1) is 20.9 Å². The molecule has 1 aliphatic heterocycles. The lowest BCUT2D eigenvalue weighted by Gasteiger charge is -2.32. The van der Waals surface area contributed by atoms with E-state index in [9.17, 15) is 4.79 Å². The van der Waals surface area contributed by atoms with Crippen LogP contribution in [-0.2, 0) is 0 Å². The Morgan fingerprint density at radius 2 is 1.93 bits per heavy atom. The molecule has 1 amide bonds. The van der Waals surface area contributed by atoms with Crippen LogP contribution in [0.3, 0.4) is 0 Å². The zero-order valence-corrected chi connectivity index (χ0v) is 17.3. The zero-order chi connectivity index (χ0) is 20.1. The monoisotopic (exact) mass is 427 g/mol. The summed E-state index contributed by atoms with van der Waals surface area (Å²) in [6.07, 6.45) is 7.50. The first-order valence-corrected chi connectivity index (χ1v) is 10.8. The summed E-state index contributed by atoms with van der Waals surface area (Å²) in [7, 11) is 0. The van der Waals surface area contributed by atoms with E-state index in [1.54, 1.807) is 18.3 Å². The lowest BCUT2D eigenvalue weighted by atomic mass is 9.86. The summed E-state index contributed by atoms with van der Waals surface area (Å²) in [6, 6.07) is 11.3. The number of hydrogen-bond acceptors (Lipinski definition) is 6. The summed E-state index contributed by atoms with van der Waals surface area (Å²) in [5.41, 5.74) is 1.81. The third-order valence-corrected chi connectivity index (χ3v) is 6.30. The Hall–Kier alpha value is -2.48. The van der Waals surface area contributed by atoms with Gasteiger partial charge in [0, 0.05) is 18.6 Å². The summed E-state index contributed by atoms with van der Waals surface area (Å²) in [5, 5.41) is 9.97. The van der Waals surface area contributed by atoms with E-state index in [0.717, 1.165) is 25.9 Å². The van der Waals surface area contributed by atoms with E-state index in [1.807, 2.05) is 36.7 Å². The molecule has 3 aromatic heterocycles. The van der Waals surface area contributed by atoms with Crippen LogP contribution >= 0.6 is 22.9 Å². The Morgan fingerprint density at radius 1 is 1.14 bits per heavy atom. The maximum Gasteiger partial charge on any atom is 0.265 e. The number of amides is 1. The third kappa shape index (κ3) is 4.93. The van der Waals surface area contributed by atoms with Crippen molar-refractivity contribution in [1.29, 1.82) is 0 Å². The molecule has 1 unspecified atom stereocenters. The van der Waals surface area contributed by atoms with Gasteiger partial charge in [0.2, 0.25) is 0 Å². The molecule has 29 heavy (non-hydrogen) atoms. The molecule has 0 aromatic carbocycles. The second kappa shape index (κ2) is 9.35. The van der Waals surface area contributed by atoms with Crippen molar-refractivity contribution in [2.75, 3.05) is 23.7 Å². The van der Waals surface area contributed by atoms with Gasteiger partial charge in [0.15, 0.2) is 0 Å². The molecule has 3 N–H and O–H groups in total. The van der Waals surface area contributed by atoms with Crippen molar-refractivity contribution in [3.8, 4) is 0 Å². The number of anilines is 2. The molecule has 0 bridgehead atoms.